The van der Waals surface area contributed by atoms with Gasteiger partial charge in [0.15, 0.2) is 12.4 Å². The lowest BCUT2D eigenvalue weighted by Crippen LogP contribution is -2.53. The van der Waals surface area contributed by atoms with E-state index in [4.69, 9.17) is 25.5 Å². The fourth-order valence-corrected chi connectivity index (χ4v) is 0.632. The number of hydrogen-bond acceptors (Lipinski definition) is 6. The number of hydrogen-bond donors (Lipinski definition) is 5. The fourth-order valence-electron chi connectivity index (χ4n) is 0.632. The van der Waals surface area contributed by atoms with E-state index in [-0.39, 0.29) is 12.7 Å². The van der Waals surface area contributed by atoms with Gasteiger partial charge in [0, 0.05) is 13.0 Å². The van der Waals surface area contributed by atoms with Crippen molar-refractivity contribution in [3.63, 3.8) is 0 Å². The SMILES string of the molecule is O=CC(O)C(O)(O)C(O)CCO. The third kappa shape index (κ3) is 2.50. The fraction of sp³-hybridized carbons (Fsp3) is 0.833. The van der Waals surface area contributed by atoms with Gasteiger partial charge in [-0.2, -0.15) is 0 Å². The predicted molar refractivity (Wildman–Crippen MR) is 36.9 cm³/mol. The highest BCUT2D eigenvalue weighted by Gasteiger charge is 2.40. The second-order valence-corrected chi connectivity index (χ2v) is 2.39. The summed E-state index contributed by atoms with van der Waals surface area (Å²) in [6.45, 7) is -0.477. The van der Waals surface area contributed by atoms with Gasteiger partial charge in [0.2, 0.25) is 5.79 Å². The lowest BCUT2D eigenvalue weighted by molar-refractivity contribution is -0.267. The Labute approximate surface area is 68.7 Å². The van der Waals surface area contributed by atoms with Crippen molar-refractivity contribution in [2.24, 2.45) is 0 Å². The number of aliphatic hydroxyl groups excluding tert-OH is 3. The van der Waals surface area contributed by atoms with Crippen LogP contribution >= 0.6 is 0 Å². The first-order valence-electron chi connectivity index (χ1n) is 3.33. The lowest BCUT2D eigenvalue weighted by Gasteiger charge is -2.28. The summed E-state index contributed by atoms with van der Waals surface area (Å²) < 4.78 is 0. The molecule has 0 saturated carbocycles. The molecule has 0 aliphatic carbocycles. The van der Waals surface area contributed by atoms with Gasteiger partial charge in [-0.05, 0) is 0 Å². The molecule has 0 rings (SSSR count). The van der Waals surface area contributed by atoms with Crippen molar-refractivity contribution in [2.75, 3.05) is 6.61 Å². The Hall–Kier alpha value is -0.530. The minimum absolute atomic E-state index is 0.111. The Morgan fingerprint density at radius 2 is 1.83 bits per heavy atom. The number of carbonyl (C=O) groups is 1. The number of aldehydes is 1. The number of aliphatic hydroxyl groups is 5. The topological polar surface area (TPSA) is 118 Å². The Balaban J connectivity index is 4.25. The molecule has 0 aromatic rings. The maximum Gasteiger partial charge on any atom is 0.223 e. The molecule has 0 aromatic carbocycles. The van der Waals surface area contributed by atoms with E-state index in [0.29, 0.717) is 0 Å². The predicted octanol–water partition coefficient (Wildman–Crippen LogP) is -3.03. The molecule has 0 aliphatic rings. The molecule has 2 unspecified atom stereocenters. The second-order valence-electron chi connectivity index (χ2n) is 2.39. The average Bonchev–Trinajstić information content (AvgIpc) is 2.03. The van der Waals surface area contributed by atoms with Crippen LogP contribution in [0.4, 0.5) is 0 Å². The van der Waals surface area contributed by atoms with Crippen molar-refractivity contribution >= 4 is 6.29 Å². The molecule has 0 spiro atoms. The highest BCUT2D eigenvalue weighted by atomic mass is 16.5. The summed E-state index contributed by atoms with van der Waals surface area (Å²) in [5.41, 5.74) is 0. The minimum Gasteiger partial charge on any atom is -0.396 e. The van der Waals surface area contributed by atoms with Crippen LogP contribution in [-0.2, 0) is 4.79 Å². The zero-order chi connectivity index (χ0) is 9.78. The van der Waals surface area contributed by atoms with Gasteiger partial charge < -0.3 is 30.3 Å². The van der Waals surface area contributed by atoms with Crippen LogP contribution in [0.3, 0.4) is 0 Å². The molecule has 6 heteroatoms. The van der Waals surface area contributed by atoms with Crippen LogP contribution in [0.5, 0.6) is 0 Å². The van der Waals surface area contributed by atoms with E-state index < -0.39 is 24.6 Å². The summed E-state index contributed by atoms with van der Waals surface area (Å²) in [7, 11) is 0. The van der Waals surface area contributed by atoms with Crippen molar-refractivity contribution in [1.29, 1.82) is 0 Å². The molecule has 2 atom stereocenters. The lowest BCUT2D eigenvalue weighted by atomic mass is 10.0. The van der Waals surface area contributed by atoms with Crippen molar-refractivity contribution in [3.05, 3.63) is 0 Å². The highest BCUT2D eigenvalue weighted by Crippen LogP contribution is 2.13. The first-order valence-corrected chi connectivity index (χ1v) is 3.33. The third-order valence-corrected chi connectivity index (χ3v) is 1.46. The minimum atomic E-state index is -2.90. The van der Waals surface area contributed by atoms with Crippen LogP contribution in [0.25, 0.3) is 0 Å². The average molecular weight is 180 g/mol. The van der Waals surface area contributed by atoms with Gasteiger partial charge in [-0.25, -0.2) is 0 Å². The molecule has 0 radical (unpaired) electrons. The summed E-state index contributed by atoms with van der Waals surface area (Å²) in [5, 5.41) is 43.7. The number of rotatable bonds is 5. The molecule has 0 aliphatic heterocycles. The van der Waals surface area contributed by atoms with Gasteiger partial charge in [-0.3, -0.25) is 0 Å². The number of carbonyl (C=O) groups excluding carboxylic acids is 1. The van der Waals surface area contributed by atoms with E-state index in [1.165, 1.54) is 0 Å². The molecule has 0 heterocycles. The van der Waals surface area contributed by atoms with Crippen LogP contribution in [0.2, 0.25) is 0 Å². The quantitative estimate of drug-likeness (QED) is 0.227. The van der Waals surface area contributed by atoms with Gasteiger partial charge >= 0.3 is 0 Å². The van der Waals surface area contributed by atoms with E-state index in [1.54, 1.807) is 0 Å². The van der Waals surface area contributed by atoms with Crippen molar-refractivity contribution in [2.45, 2.75) is 24.4 Å². The molecular formula is C6H12O6. The van der Waals surface area contributed by atoms with Gasteiger partial charge in [0.05, 0.1) is 0 Å². The van der Waals surface area contributed by atoms with Crippen LogP contribution < -0.4 is 0 Å². The summed E-state index contributed by atoms with van der Waals surface area (Å²) >= 11 is 0. The molecule has 5 N–H and O–H groups in total. The molecule has 0 amide bonds. The van der Waals surface area contributed by atoms with Gasteiger partial charge in [0.1, 0.15) is 6.10 Å². The molecular weight excluding hydrogens is 168 g/mol. The zero-order valence-corrected chi connectivity index (χ0v) is 6.29. The standard InChI is InChI=1S/C6H12O6/c7-2-1-4(9)6(11,12)5(10)3-8/h3-5,7,9-12H,1-2H2. The van der Waals surface area contributed by atoms with Gasteiger partial charge in [-0.15, -0.1) is 0 Å². The molecule has 0 aromatic heterocycles. The molecule has 72 valence electrons. The van der Waals surface area contributed by atoms with Gasteiger partial charge in [-0.1, -0.05) is 0 Å². The van der Waals surface area contributed by atoms with E-state index in [2.05, 4.69) is 0 Å². The Bertz CT molecular complexity index is 145. The van der Waals surface area contributed by atoms with E-state index in [1.807, 2.05) is 0 Å². The normalized spacial score (nSPS) is 17.1. The van der Waals surface area contributed by atoms with E-state index in [0.717, 1.165) is 0 Å². The van der Waals surface area contributed by atoms with Crippen molar-refractivity contribution in [1.82, 2.24) is 0 Å². The van der Waals surface area contributed by atoms with E-state index >= 15 is 0 Å². The van der Waals surface area contributed by atoms with Gasteiger partial charge in [0.25, 0.3) is 0 Å². The largest absolute Gasteiger partial charge is 0.396 e. The second kappa shape index (κ2) is 4.48. The summed E-state index contributed by atoms with van der Waals surface area (Å²) in [4.78, 5) is 9.92. The first kappa shape index (κ1) is 11.5. The molecule has 0 fully saturated rings. The molecule has 12 heavy (non-hydrogen) atoms. The maximum atomic E-state index is 9.92. The summed E-state index contributed by atoms with van der Waals surface area (Å²) in [6.07, 6.45) is -4.29. The summed E-state index contributed by atoms with van der Waals surface area (Å²) in [5.74, 6) is -2.90. The van der Waals surface area contributed by atoms with Crippen LogP contribution in [0.1, 0.15) is 6.42 Å². The van der Waals surface area contributed by atoms with Crippen molar-refractivity contribution in [3.8, 4) is 0 Å². The van der Waals surface area contributed by atoms with E-state index in [9.17, 15) is 4.79 Å². The third-order valence-electron chi connectivity index (χ3n) is 1.46. The van der Waals surface area contributed by atoms with Crippen molar-refractivity contribution < 1.29 is 30.3 Å². The van der Waals surface area contributed by atoms with Crippen LogP contribution in [-0.4, -0.2) is 56.4 Å². The highest BCUT2D eigenvalue weighted by molar-refractivity contribution is 5.57. The Kier molecular flexibility index (Phi) is 4.29. The smallest absolute Gasteiger partial charge is 0.223 e. The Morgan fingerprint density at radius 3 is 2.17 bits per heavy atom. The maximum absolute atomic E-state index is 9.92. The van der Waals surface area contributed by atoms with Crippen LogP contribution in [0, 0.1) is 0 Å². The molecule has 0 bridgehead atoms. The molecule has 6 nitrogen and oxygen atoms in total. The molecule has 0 saturated heterocycles. The first-order chi connectivity index (χ1) is 5.46. The zero-order valence-electron chi connectivity index (χ0n) is 6.29. The monoisotopic (exact) mass is 180 g/mol. The van der Waals surface area contributed by atoms with Crippen LogP contribution in [0.15, 0.2) is 0 Å². The Morgan fingerprint density at radius 1 is 1.33 bits per heavy atom. The summed E-state index contributed by atoms with van der Waals surface area (Å²) in [6, 6.07) is 0.